The number of amides is 1. The van der Waals surface area contributed by atoms with Gasteiger partial charge in [-0.2, -0.15) is 0 Å². The van der Waals surface area contributed by atoms with Crippen molar-refractivity contribution < 1.29 is 19.8 Å². The van der Waals surface area contributed by atoms with Crippen LogP contribution in [0.2, 0.25) is 0 Å². The number of phenols is 1. The summed E-state index contributed by atoms with van der Waals surface area (Å²) in [5.74, 6) is -1.60. The van der Waals surface area contributed by atoms with Crippen LogP contribution in [0.1, 0.15) is 16.8 Å². The van der Waals surface area contributed by atoms with Crippen LogP contribution in [0, 0.1) is 0 Å². The van der Waals surface area contributed by atoms with Gasteiger partial charge in [-0.3, -0.25) is 9.69 Å². The first-order chi connectivity index (χ1) is 10.1. The summed E-state index contributed by atoms with van der Waals surface area (Å²) in [4.78, 5) is 25.2. The van der Waals surface area contributed by atoms with Crippen molar-refractivity contribution in [3.63, 3.8) is 0 Å². The zero-order valence-corrected chi connectivity index (χ0v) is 11.6. The molecule has 1 aromatic rings. The topological polar surface area (TPSA) is 102 Å². The van der Waals surface area contributed by atoms with E-state index in [2.05, 4.69) is 10.6 Å². The van der Waals surface area contributed by atoms with Crippen LogP contribution in [0.3, 0.4) is 0 Å². The molecule has 0 spiro atoms. The summed E-state index contributed by atoms with van der Waals surface area (Å²) >= 11 is 0. The van der Waals surface area contributed by atoms with Gasteiger partial charge in [-0.15, -0.1) is 0 Å². The number of aromatic carboxylic acids is 1. The van der Waals surface area contributed by atoms with Crippen molar-refractivity contribution in [1.82, 2.24) is 10.2 Å². The molecule has 7 heteroatoms. The smallest absolute Gasteiger partial charge is 0.337 e. The lowest BCUT2D eigenvalue weighted by atomic mass is 10.1. The third-order valence-corrected chi connectivity index (χ3v) is 3.31. The van der Waals surface area contributed by atoms with Crippen molar-refractivity contribution in [3.8, 4) is 5.75 Å². The first-order valence-electron chi connectivity index (χ1n) is 6.85. The molecule has 1 saturated heterocycles. The standard InChI is InChI=1S/C14H19N3O4/c18-10-2-3-12(11(8-10)14(20)21)16-13(19)9-17-6-1-4-15-5-7-17/h2-3,8,15,18H,1,4-7,9H2,(H,16,19)(H,20,21). The van der Waals surface area contributed by atoms with Crippen molar-refractivity contribution >= 4 is 17.6 Å². The third kappa shape index (κ3) is 4.44. The molecule has 7 nitrogen and oxygen atoms in total. The Morgan fingerprint density at radius 1 is 1.29 bits per heavy atom. The van der Waals surface area contributed by atoms with Gasteiger partial charge in [0.15, 0.2) is 0 Å². The maximum absolute atomic E-state index is 12.0. The molecule has 4 N–H and O–H groups in total. The SMILES string of the molecule is O=C(CN1CCCNCC1)Nc1ccc(O)cc1C(=O)O. The predicted octanol–water partition coefficient (Wildman–Crippen LogP) is 0.324. The van der Waals surface area contributed by atoms with E-state index in [1.54, 1.807) is 0 Å². The summed E-state index contributed by atoms with van der Waals surface area (Å²) in [5.41, 5.74) is 0.0686. The normalized spacial score (nSPS) is 16.2. The number of aromatic hydroxyl groups is 1. The zero-order chi connectivity index (χ0) is 15.2. The van der Waals surface area contributed by atoms with Crippen molar-refractivity contribution in [2.24, 2.45) is 0 Å². The molecule has 0 unspecified atom stereocenters. The van der Waals surface area contributed by atoms with Crippen molar-refractivity contribution in [3.05, 3.63) is 23.8 Å². The van der Waals surface area contributed by atoms with Crippen molar-refractivity contribution in [2.75, 3.05) is 38.0 Å². The Morgan fingerprint density at radius 2 is 2.10 bits per heavy atom. The van der Waals surface area contributed by atoms with Crippen LogP contribution in [0.5, 0.6) is 5.75 Å². The number of anilines is 1. The predicted molar refractivity (Wildman–Crippen MR) is 77.6 cm³/mol. The molecule has 0 saturated carbocycles. The Kier molecular flexibility index (Phi) is 5.13. The molecule has 0 aromatic heterocycles. The lowest BCUT2D eigenvalue weighted by molar-refractivity contribution is -0.117. The highest BCUT2D eigenvalue weighted by Crippen LogP contribution is 2.21. The van der Waals surface area contributed by atoms with E-state index in [4.69, 9.17) is 5.11 Å². The maximum atomic E-state index is 12.0. The number of hydrogen-bond acceptors (Lipinski definition) is 5. The fraction of sp³-hybridized carbons (Fsp3) is 0.429. The monoisotopic (exact) mass is 293 g/mol. The number of carboxylic acid groups (broad SMARTS) is 1. The van der Waals surface area contributed by atoms with Crippen LogP contribution in [-0.4, -0.2) is 59.7 Å². The largest absolute Gasteiger partial charge is 0.508 e. The molecule has 1 amide bonds. The number of hydrogen-bond donors (Lipinski definition) is 4. The summed E-state index contributed by atoms with van der Waals surface area (Å²) < 4.78 is 0. The number of rotatable bonds is 4. The van der Waals surface area contributed by atoms with Gasteiger partial charge >= 0.3 is 5.97 Å². The van der Waals surface area contributed by atoms with Gasteiger partial charge < -0.3 is 20.8 Å². The number of benzene rings is 1. The molecular formula is C14H19N3O4. The molecule has 0 atom stereocenters. The van der Waals surface area contributed by atoms with E-state index in [0.29, 0.717) is 0 Å². The van der Waals surface area contributed by atoms with E-state index in [0.717, 1.165) is 38.7 Å². The lowest BCUT2D eigenvalue weighted by Gasteiger charge is -2.19. The Balaban J connectivity index is 2.00. The molecule has 1 heterocycles. The Labute approximate surface area is 122 Å². The number of phenolic OH excluding ortho intramolecular Hbond substituents is 1. The number of carbonyl (C=O) groups excluding carboxylic acids is 1. The summed E-state index contributed by atoms with van der Waals surface area (Å²) in [6.07, 6.45) is 0.979. The molecule has 0 aliphatic carbocycles. The molecule has 114 valence electrons. The summed E-state index contributed by atoms with van der Waals surface area (Å²) in [6, 6.07) is 3.85. The highest BCUT2D eigenvalue weighted by atomic mass is 16.4. The van der Waals surface area contributed by atoms with E-state index < -0.39 is 5.97 Å². The van der Waals surface area contributed by atoms with Crippen LogP contribution >= 0.6 is 0 Å². The van der Waals surface area contributed by atoms with E-state index in [-0.39, 0.29) is 29.5 Å². The molecule has 2 rings (SSSR count). The molecule has 1 aliphatic rings. The summed E-state index contributed by atoms with van der Waals surface area (Å²) in [6.45, 7) is 3.63. The minimum absolute atomic E-state index is 0.124. The Morgan fingerprint density at radius 3 is 2.86 bits per heavy atom. The average molecular weight is 293 g/mol. The molecule has 1 fully saturated rings. The van der Waals surface area contributed by atoms with E-state index in [9.17, 15) is 14.7 Å². The molecule has 1 aliphatic heterocycles. The Bertz CT molecular complexity index is 525. The van der Waals surface area contributed by atoms with Crippen LogP contribution < -0.4 is 10.6 Å². The fourth-order valence-corrected chi connectivity index (χ4v) is 2.27. The second kappa shape index (κ2) is 7.05. The van der Waals surface area contributed by atoms with Gasteiger partial charge in [0.1, 0.15) is 5.75 Å². The van der Waals surface area contributed by atoms with Gasteiger partial charge in [0.2, 0.25) is 5.91 Å². The second-order valence-electron chi connectivity index (χ2n) is 4.96. The second-order valence-corrected chi connectivity index (χ2v) is 4.96. The number of carbonyl (C=O) groups is 2. The maximum Gasteiger partial charge on any atom is 0.337 e. The van der Waals surface area contributed by atoms with Crippen molar-refractivity contribution in [1.29, 1.82) is 0 Å². The minimum atomic E-state index is -1.19. The van der Waals surface area contributed by atoms with Crippen molar-refractivity contribution in [2.45, 2.75) is 6.42 Å². The number of nitrogens with zero attached hydrogens (tertiary/aromatic N) is 1. The lowest BCUT2D eigenvalue weighted by Crippen LogP contribution is -2.35. The highest BCUT2D eigenvalue weighted by Gasteiger charge is 2.16. The van der Waals surface area contributed by atoms with Gasteiger partial charge in [-0.05, 0) is 37.7 Å². The number of carboxylic acids is 1. The van der Waals surface area contributed by atoms with Gasteiger partial charge in [0.25, 0.3) is 0 Å². The minimum Gasteiger partial charge on any atom is -0.508 e. The summed E-state index contributed by atoms with van der Waals surface area (Å²) in [5, 5.41) is 24.2. The van der Waals surface area contributed by atoms with E-state index >= 15 is 0 Å². The van der Waals surface area contributed by atoms with Gasteiger partial charge in [0.05, 0.1) is 17.8 Å². The molecule has 0 bridgehead atoms. The van der Waals surface area contributed by atoms with Gasteiger partial charge in [-0.25, -0.2) is 4.79 Å². The molecule has 0 radical (unpaired) electrons. The third-order valence-electron chi connectivity index (χ3n) is 3.31. The van der Waals surface area contributed by atoms with Gasteiger partial charge in [0, 0.05) is 13.1 Å². The first kappa shape index (κ1) is 15.3. The van der Waals surface area contributed by atoms with Crippen LogP contribution in [0.4, 0.5) is 5.69 Å². The van der Waals surface area contributed by atoms with E-state index in [1.807, 2.05) is 4.90 Å². The number of nitrogens with one attached hydrogen (secondary N) is 2. The molecule has 1 aromatic carbocycles. The summed E-state index contributed by atoms with van der Waals surface area (Å²) in [7, 11) is 0. The van der Waals surface area contributed by atoms with Crippen LogP contribution in [-0.2, 0) is 4.79 Å². The highest BCUT2D eigenvalue weighted by molar-refractivity contribution is 6.01. The first-order valence-corrected chi connectivity index (χ1v) is 6.85. The van der Waals surface area contributed by atoms with E-state index in [1.165, 1.54) is 12.1 Å². The average Bonchev–Trinajstić information content (AvgIpc) is 2.69. The molecule has 21 heavy (non-hydrogen) atoms. The quantitative estimate of drug-likeness (QED) is 0.597. The van der Waals surface area contributed by atoms with Crippen LogP contribution in [0.15, 0.2) is 18.2 Å². The Hall–Kier alpha value is -2.12. The molecular weight excluding hydrogens is 274 g/mol. The van der Waals surface area contributed by atoms with Gasteiger partial charge in [-0.1, -0.05) is 0 Å². The zero-order valence-electron chi connectivity index (χ0n) is 11.6. The van der Waals surface area contributed by atoms with Crippen LogP contribution in [0.25, 0.3) is 0 Å². The fourth-order valence-electron chi connectivity index (χ4n) is 2.27.